The van der Waals surface area contributed by atoms with Gasteiger partial charge in [-0.05, 0) is 49.1 Å². The van der Waals surface area contributed by atoms with Crippen LogP contribution in [0.3, 0.4) is 0 Å². The number of likely N-dealkylation sites (tertiary alicyclic amines) is 1. The predicted octanol–water partition coefficient (Wildman–Crippen LogP) is 4.41. The molecular weight excluding hydrogens is 438 g/mol. The molecule has 1 saturated heterocycles. The van der Waals surface area contributed by atoms with E-state index in [0.29, 0.717) is 12.4 Å². The van der Waals surface area contributed by atoms with E-state index in [1.54, 1.807) is 17.0 Å². The number of benzene rings is 1. The lowest BCUT2D eigenvalue weighted by molar-refractivity contribution is -0.137. The van der Waals surface area contributed by atoms with Gasteiger partial charge in [-0.15, -0.1) is 0 Å². The highest BCUT2D eigenvalue weighted by Gasteiger charge is 2.47. The maximum Gasteiger partial charge on any atom is 0.417 e. The minimum absolute atomic E-state index is 0.0554. The fourth-order valence-corrected chi connectivity index (χ4v) is 4.76. The Kier molecular flexibility index (Phi) is 5.22. The molecule has 33 heavy (non-hydrogen) atoms. The second kappa shape index (κ2) is 8.09. The number of carbonyl (C=O) groups is 1. The van der Waals surface area contributed by atoms with Crippen molar-refractivity contribution in [3.05, 3.63) is 71.9 Å². The molecule has 170 valence electrons. The SMILES string of the molecule is O=C(c1cccc(F)c1-c1ncccn1)N1C[C@@H]2C[C@@H](Nc3ccc(C(F)(F)F)cn3)[C@@H]1C2. The predicted molar refractivity (Wildman–Crippen MR) is 112 cm³/mol. The Hall–Kier alpha value is -3.56. The van der Waals surface area contributed by atoms with Gasteiger partial charge in [-0.2, -0.15) is 13.2 Å². The molecule has 0 spiro atoms. The number of anilines is 1. The Morgan fingerprint density at radius 2 is 1.82 bits per heavy atom. The van der Waals surface area contributed by atoms with Crippen LogP contribution in [0.15, 0.2) is 55.0 Å². The van der Waals surface area contributed by atoms with Crippen molar-refractivity contribution in [1.82, 2.24) is 19.9 Å². The van der Waals surface area contributed by atoms with Gasteiger partial charge in [0.15, 0.2) is 5.82 Å². The van der Waals surface area contributed by atoms with Gasteiger partial charge in [-0.3, -0.25) is 4.79 Å². The highest BCUT2D eigenvalue weighted by atomic mass is 19.4. The molecule has 2 bridgehead atoms. The largest absolute Gasteiger partial charge is 0.417 e. The van der Waals surface area contributed by atoms with Crippen LogP contribution < -0.4 is 5.32 Å². The standard InChI is InChI=1S/C23H19F4N5O/c24-16-4-1-3-15(20(16)21-28-7-2-8-29-21)22(33)32-12-13-9-17(18(32)10-13)31-19-6-5-14(11-30-19)23(25,26)27/h1-8,11,13,17-18H,9-10,12H2,(H,30,31)/t13-,17-,18+/m1/s1. The zero-order chi connectivity index (χ0) is 23.2. The molecule has 1 amide bonds. The third-order valence-electron chi connectivity index (χ3n) is 6.20. The summed E-state index contributed by atoms with van der Waals surface area (Å²) in [6.45, 7) is 0.535. The number of piperidine rings is 1. The Morgan fingerprint density at radius 1 is 1.03 bits per heavy atom. The van der Waals surface area contributed by atoms with Crippen molar-refractivity contribution in [2.45, 2.75) is 31.1 Å². The fourth-order valence-electron chi connectivity index (χ4n) is 4.76. The first-order valence-electron chi connectivity index (χ1n) is 10.5. The molecule has 10 heteroatoms. The van der Waals surface area contributed by atoms with Crippen LogP contribution in [0.25, 0.3) is 11.4 Å². The van der Waals surface area contributed by atoms with Crippen LogP contribution in [0.4, 0.5) is 23.4 Å². The number of rotatable bonds is 4. The van der Waals surface area contributed by atoms with Crippen molar-refractivity contribution in [2.75, 3.05) is 11.9 Å². The third kappa shape index (κ3) is 4.01. The van der Waals surface area contributed by atoms with E-state index in [9.17, 15) is 22.4 Å². The number of aromatic nitrogens is 3. The highest BCUT2D eigenvalue weighted by molar-refractivity contribution is 6.00. The van der Waals surface area contributed by atoms with E-state index in [0.717, 1.165) is 25.1 Å². The van der Waals surface area contributed by atoms with E-state index in [-0.39, 0.29) is 40.9 Å². The van der Waals surface area contributed by atoms with E-state index >= 15 is 0 Å². The number of nitrogens with one attached hydrogen (secondary N) is 1. The summed E-state index contributed by atoms with van der Waals surface area (Å²) in [5, 5.41) is 3.17. The number of halogens is 4. The molecule has 3 atom stereocenters. The Morgan fingerprint density at radius 3 is 2.48 bits per heavy atom. The minimum Gasteiger partial charge on any atom is -0.365 e. The van der Waals surface area contributed by atoms with Crippen molar-refractivity contribution in [3.63, 3.8) is 0 Å². The van der Waals surface area contributed by atoms with Crippen molar-refractivity contribution < 1.29 is 22.4 Å². The van der Waals surface area contributed by atoms with Crippen LogP contribution in [-0.2, 0) is 6.18 Å². The molecule has 6 nitrogen and oxygen atoms in total. The third-order valence-corrected chi connectivity index (χ3v) is 6.20. The van der Waals surface area contributed by atoms with Gasteiger partial charge in [0.2, 0.25) is 0 Å². The highest BCUT2D eigenvalue weighted by Crippen LogP contribution is 2.41. The number of hydrogen-bond donors (Lipinski definition) is 1. The quantitative estimate of drug-likeness (QED) is 0.588. The van der Waals surface area contributed by atoms with Gasteiger partial charge in [0.1, 0.15) is 11.6 Å². The summed E-state index contributed by atoms with van der Waals surface area (Å²) >= 11 is 0. The number of nitrogens with zero attached hydrogens (tertiary/aromatic N) is 4. The number of amides is 1. The molecule has 1 saturated carbocycles. The number of carbonyl (C=O) groups excluding carboxylic acids is 1. The maximum atomic E-state index is 14.7. The lowest BCUT2D eigenvalue weighted by atomic mass is 10.0. The van der Waals surface area contributed by atoms with Crippen molar-refractivity contribution in [3.8, 4) is 11.4 Å². The van der Waals surface area contributed by atoms with E-state index in [1.165, 1.54) is 30.6 Å². The zero-order valence-electron chi connectivity index (χ0n) is 17.3. The maximum absolute atomic E-state index is 14.7. The minimum atomic E-state index is -4.45. The molecule has 1 aliphatic heterocycles. The van der Waals surface area contributed by atoms with Crippen LogP contribution in [0.2, 0.25) is 0 Å². The summed E-state index contributed by atoms with van der Waals surface area (Å²) in [5.74, 6) is -0.212. The van der Waals surface area contributed by atoms with Crippen molar-refractivity contribution >= 4 is 11.7 Å². The van der Waals surface area contributed by atoms with Gasteiger partial charge >= 0.3 is 6.18 Å². The first kappa shape index (κ1) is 21.3. The Bertz CT molecular complexity index is 1170. The molecule has 1 aliphatic carbocycles. The molecule has 0 radical (unpaired) electrons. The van der Waals surface area contributed by atoms with Gasteiger partial charge in [0, 0.05) is 31.2 Å². The first-order chi connectivity index (χ1) is 15.8. The number of fused-ring (bicyclic) bond motifs is 2. The summed E-state index contributed by atoms with van der Waals surface area (Å²) in [7, 11) is 0. The van der Waals surface area contributed by atoms with E-state index in [4.69, 9.17) is 0 Å². The van der Waals surface area contributed by atoms with Gasteiger partial charge < -0.3 is 10.2 Å². The molecule has 3 heterocycles. The Balaban J connectivity index is 1.38. The topological polar surface area (TPSA) is 71.0 Å². The molecule has 2 aromatic heterocycles. The summed E-state index contributed by atoms with van der Waals surface area (Å²) in [6.07, 6.45) is 0.838. The van der Waals surface area contributed by atoms with Gasteiger partial charge in [-0.25, -0.2) is 19.3 Å². The van der Waals surface area contributed by atoms with Crippen molar-refractivity contribution in [2.24, 2.45) is 5.92 Å². The second-order valence-electron chi connectivity index (χ2n) is 8.28. The molecule has 1 aromatic carbocycles. The first-order valence-corrected chi connectivity index (χ1v) is 10.5. The Labute approximate surface area is 186 Å². The van der Waals surface area contributed by atoms with E-state index in [2.05, 4.69) is 20.3 Å². The molecule has 2 fully saturated rings. The normalized spacial score (nSPS) is 21.9. The molecule has 1 N–H and O–H groups in total. The van der Waals surface area contributed by atoms with Crippen LogP contribution >= 0.6 is 0 Å². The molecule has 3 aromatic rings. The summed E-state index contributed by atoms with van der Waals surface area (Å²) in [4.78, 5) is 27.3. The summed E-state index contributed by atoms with van der Waals surface area (Å²) in [5.41, 5.74) is -0.584. The molecular formula is C23H19F4N5O. The van der Waals surface area contributed by atoms with E-state index in [1.807, 2.05) is 0 Å². The van der Waals surface area contributed by atoms with Crippen LogP contribution in [0, 0.1) is 11.7 Å². The van der Waals surface area contributed by atoms with Crippen LogP contribution in [0.1, 0.15) is 28.8 Å². The lowest BCUT2D eigenvalue weighted by Crippen LogP contribution is -2.48. The zero-order valence-corrected chi connectivity index (χ0v) is 17.3. The molecule has 5 rings (SSSR count). The van der Waals surface area contributed by atoms with E-state index < -0.39 is 17.6 Å². The number of hydrogen-bond acceptors (Lipinski definition) is 5. The molecule has 2 aliphatic rings. The number of alkyl halides is 3. The van der Waals surface area contributed by atoms with Gasteiger partial charge in [-0.1, -0.05) is 6.07 Å². The van der Waals surface area contributed by atoms with Crippen LogP contribution in [-0.4, -0.2) is 44.4 Å². The van der Waals surface area contributed by atoms with Gasteiger partial charge in [0.25, 0.3) is 5.91 Å². The van der Waals surface area contributed by atoms with Crippen molar-refractivity contribution in [1.29, 1.82) is 0 Å². The monoisotopic (exact) mass is 457 g/mol. The second-order valence-corrected chi connectivity index (χ2v) is 8.28. The fraction of sp³-hybridized carbons (Fsp3) is 0.304. The van der Waals surface area contributed by atoms with Gasteiger partial charge in [0.05, 0.1) is 22.7 Å². The average Bonchev–Trinajstić information content (AvgIpc) is 3.39. The number of pyridine rings is 1. The molecule has 0 unspecified atom stereocenters. The smallest absolute Gasteiger partial charge is 0.365 e. The lowest BCUT2D eigenvalue weighted by Gasteiger charge is -2.34. The average molecular weight is 457 g/mol. The van der Waals surface area contributed by atoms with Crippen LogP contribution in [0.5, 0.6) is 0 Å². The summed E-state index contributed by atoms with van der Waals surface area (Å²) in [6, 6.07) is 7.83. The summed E-state index contributed by atoms with van der Waals surface area (Å²) < 4.78 is 53.1.